The third kappa shape index (κ3) is 3.27. The predicted molar refractivity (Wildman–Crippen MR) is 99.0 cm³/mol. The Morgan fingerprint density at radius 1 is 1.26 bits per heavy atom. The van der Waals surface area contributed by atoms with E-state index in [-0.39, 0.29) is 16.9 Å². The van der Waals surface area contributed by atoms with Gasteiger partial charge in [0, 0.05) is 15.3 Å². The molecule has 0 bridgehead atoms. The summed E-state index contributed by atoms with van der Waals surface area (Å²) >= 11 is 8.70. The number of H-pyrrole nitrogens is 1. The number of nitrogens with one attached hydrogen (secondary N) is 1. The third-order valence-corrected chi connectivity index (χ3v) is 5.25. The lowest BCUT2D eigenvalue weighted by atomic mass is 10.1. The lowest BCUT2D eigenvalue weighted by molar-refractivity contribution is 0.104. The van der Waals surface area contributed by atoms with E-state index in [1.807, 2.05) is 29.8 Å². The number of ketones is 1. The van der Waals surface area contributed by atoms with Crippen molar-refractivity contribution in [3.05, 3.63) is 68.3 Å². The number of pyridine rings is 1. The molecule has 0 saturated heterocycles. The van der Waals surface area contributed by atoms with Crippen molar-refractivity contribution >= 4 is 56.8 Å². The van der Waals surface area contributed by atoms with Crippen molar-refractivity contribution in [1.29, 1.82) is 0 Å². The van der Waals surface area contributed by atoms with Crippen molar-refractivity contribution in [2.45, 2.75) is 4.90 Å². The fourth-order valence-electron chi connectivity index (χ4n) is 2.25. The standard InChI is InChI=1S/C17H12ClNO2S2/c1-22-15-12-8-9-23-17(12)19-16(21)14(15)13(20)7-4-10-2-5-11(18)6-3-10/h2-9H,1H3,(H,19,21)/b7-4+. The first-order valence-corrected chi connectivity index (χ1v) is 9.24. The molecule has 6 heteroatoms. The van der Waals surface area contributed by atoms with E-state index in [0.29, 0.717) is 5.02 Å². The number of carbonyl (C=O) groups excluding carboxylic acids is 1. The second-order valence-corrected chi connectivity index (χ2v) is 6.94. The topological polar surface area (TPSA) is 49.9 Å². The number of halogens is 1. The molecule has 3 rings (SSSR count). The van der Waals surface area contributed by atoms with E-state index in [2.05, 4.69) is 4.98 Å². The summed E-state index contributed by atoms with van der Waals surface area (Å²) in [5, 5.41) is 3.45. The molecule has 0 saturated carbocycles. The Morgan fingerprint density at radius 3 is 2.70 bits per heavy atom. The van der Waals surface area contributed by atoms with Gasteiger partial charge >= 0.3 is 0 Å². The van der Waals surface area contributed by atoms with Crippen molar-refractivity contribution in [3.63, 3.8) is 0 Å². The van der Waals surface area contributed by atoms with Gasteiger partial charge in [0.05, 0.1) is 0 Å². The molecule has 3 aromatic rings. The molecule has 2 aromatic heterocycles. The minimum absolute atomic E-state index is 0.189. The van der Waals surface area contributed by atoms with Crippen LogP contribution in [0.5, 0.6) is 0 Å². The lowest BCUT2D eigenvalue weighted by Gasteiger charge is -2.05. The monoisotopic (exact) mass is 361 g/mol. The number of allylic oxidation sites excluding steroid dienone is 1. The van der Waals surface area contributed by atoms with E-state index in [0.717, 1.165) is 20.7 Å². The Labute approximate surface area is 146 Å². The number of fused-ring (bicyclic) bond motifs is 1. The predicted octanol–water partition coefficient (Wildman–Crippen LogP) is 4.86. The zero-order valence-electron chi connectivity index (χ0n) is 12.1. The van der Waals surface area contributed by atoms with Crippen LogP contribution in [-0.4, -0.2) is 17.0 Å². The van der Waals surface area contributed by atoms with E-state index in [1.54, 1.807) is 18.2 Å². The first-order chi connectivity index (χ1) is 11.1. The average molecular weight is 362 g/mol. The van der Waals surface area contributed by atoms with Crippen LogP contribution in [0.25, 0.3) is 16.3 Å². The van der Waals surface area contributed by atoms with Crippen LogP contribution in [0, 0.1) is 0 Å². The van der Waals surface area contributed by atoms with E-state index in [9.17, 15) is 9.59 Å². The Balaban J connectivity index is 2.02. The van der Waals surface area contributed by atoms with Gasteiger partial charge in [-0.3, -0.25) is 9.59 Å². The molecular formula is C17H12ClNO2S2. The molecule has 0 aliphatic carbocycles. The SMILES string of the molecule is CSc1c(C(=O)/C=C/c2ccc(Cl)cc2)c(=O)[nH]c2sccc12. The summed E-state index contributed by atoms with van der Waals surface area (Å²) in [7, 11) is 0. The van der Waals surface area contributed by atoms with Crippen LogP contribution in [0.2, 0.25) is 5.02 Å². The highest BCUT2D eigenvalue weighted by Crippen LogP contribution is 2.30. The lowest BCUT2D eigenvalue weighted by Crippen LogP contribution is -2.17. The van der Waals surface area contributed by atoms with Crippen LogP contribution in [0.4, 0.5) is 0 Å². The van der Waals surface area contributed by atoms with Crippen LogP contribution >= 0.6 is 34.7 Å². The summed E-state index contributed by atoms with van der Waals surface area (Å²) in [5.41, 5.74) is 0.685. The minimum atomic E-state index is -0.352. The van der Waals surface area contributed by atoms with Gasteiger partial charge in [0.1, 0.15) is 10.4 Å². The maximum atomic E-state index is 12.5. The molecule has 3 nitrogen and oxygen atoms in total. The van der Waals surface area contributed by atoms with Crippen molar-refractivity contribution in [3.8, 4) is 0 Å². The first kappa shape index (κ1) is 16.1. The number of rotatable bonds is 4. The summed E-state index contributed by atoms with van der Waals surface area (Å²) in [6.45, 7) is 0. The fourth-order valence-corrected chi connectivity index (χ4v) is 4.02. The smallest absolute Gasteiger partial charge is 0.261 e. The van der Waals surface area contributed by atoms with Gasteiger partial charge < -0.3 is 4.98 Å². The highest BCUT2D eigenvalue weighted by atomic mass is 35.5. The first-order valence-electron chi connectivity index (χ1n) is 6.75. The maximum Gasteiger partial charge on any atom is 0.261 e. The molecule has 0 spiro atoms. The molecule has 0 aliphatic rings. The molecule has 0 fully saturated rings. The molecule has 23 heavy (non-hydrogen) atoms. The van der Waals surface area contributed by atoms with Crippen LogP contribution in [-0.2, 0) is 0 Å². The van der Waals surface area contributed by atoms with Crippen LogP contribution in [0.1, 0.15) is 15.9 Å². The number of thioether (sulfide) groups is 1. The summed E-state index contributed by atoms with van der Waals surface area (Å²) in [6.07, 6.45) is 4.97. The molecule has 116 valence electrons. The molecule has 1 N–H and O–H groups in total. The van der Waals surface area contributed by atoms with Crippen LogP contribution < -0.4 is 5.56 Å². The van der Waals surface area contributed by atoms with Crippen LogP contribution in [0.3, 0.4) is 0 Å². The zero-order chi connectivity index (χ0) is 16.4. The van der Waals surface area contributed by atoms with E-state index < -0.39 is 0 Å². The molecular weight excluding hydrogens is 350 g/mol. The summed E-state index contributed by atoms with van der Waals surface area (Å²) in [4.78, 5) is 29.1. The minimum Gasteiger partial charge on any atom is -0.313 e. The van der Waals surface area contributed by atoms with Gasteiger partial charge in [-0.2, -0.15) is 0 Å². The number of aromatic amines is 1. The van der Waals surface area contributed by atoms with Gasteiger partial charge in [0.15, 0.2) is 5.78 Å². The summed E-state index contributed by atoms with van der Waals surface area (Å²) in [5.74, 6) is -0.307. The van der Waals surface area contributed by atoms with E-state index in [1.165, 1.54) is 29.2 Å². The van der Waals surface area contributed by atoms with Crippen molar-refractivity contribution in [2.75, 3.05) is 6.26 Å². The quantitative estimate of drug-likeness (QED) is 0.410. The normalized spacial score (nSPS) is 11.4. The molecule has 0 atom stereocenters. The molecule has 2 heterocycles. The third-order valence-electron chi connectivity index (χ3n) is 3.34. The maximum absolute atomic E-state index is 12.5. The Bertz CT molecular complexity index is 955. The van der Waals surface area contributed by atoms with E-state index in [4.69, 9.17) is 11.6 Å². The molecule has 0 amide bonds. The van der Waals surface area contributed by atoms with Gasteiger partial charge in [-0.05, 0) is 41.5 Å². The second-order valence-electron chi connectivity index (χ2n) is 4.77. The molecule has 0 unspecified atom stereocenters. The largest absolute Gasteiger partial charge is 0.313 e. The van der Waals surface area contributed by atoms with Crippen LogP contribution in [0.15, 0.2) is 51.5 Å². The Morgan fingerprint density at radius 2 is 2.00 bits per heavy atom. The fraction of sp³-hybridized carbons (Fsp3) is 0.0588. The molecule has 0 radical (unpaired) electrons. The van der Waals surface area contributed by atoms with Gasteiger partial charge in [-0.15, -0.1) is 23.1 Å². The number of aromatic nitrogens is 1. The van der Waals surface area contributed by atoms with Crippen molar-refractivity contribution in [1.82, 2.24) is 4.98 Å². The Kier molecular flexibility index (Phi) is 4.71. The molecule has 0 aliphatic heterocycles. The highest BCUT2D eigenvalue weighted by Gasteiger charge is 2.17. The van der Waals surface area contributed by atoms with Gasteiger partial charge in [-0.25, -0.2) is 0 Å². The average Bonchev–Trinajstić information content (AvgIpc) is 3.00. The highest BCUT2D eigenvalue weighted by molar-refractivity contribution is 7.99. The van der Waals surface area contributed by atoms with Gasteiger partial charge in [0.25, 0.3) is 5.56 Å². The summed E-state index contributed by atoms with van der Waals surface area (Å²) < 4.78 is 0. The summed E-state index contributed by atoms with van der Waals surface area (Å²) in [6, 6.07) is 9.05. The zero-order valence-corrected chi connectivity index (χ0v) is 14.5. The second kappa shape index (κ2) is 6.74. The number of hydrogen-bond acceptors (Lipinski definition) is 4. The van der Waals surface area contributed by atoms with Gasteiger partial charge in [0.2, 0.25) is 0 Å². The van der Waals surface area contributed by atoms with E-state index >= 15 is 0 Å². The van der Waals surface area contributed by atoms with Crippen molar-refractivity contribution in [2.24, 2.45) is 0 Å². The molecule has 1 aromatic carbocycles. The van der Waals surface area contributed by atoms with Gasteiger partial charge in [-0.1, -0.05) is 29.8 Å². The number of thiophene rings is 1. The number of benzene rings is 1. The number of carbonyl (C=O) groups is 1. The number of hydrogen-bond donors (Lipinski definition) is 1. The Hall–Kier alpha value is -1.82. The van der Waals surface area contributed by atoms with Crippen molar-refractivity contribution < 1.29 is 4.79 Å².